The monoisotopic (exact) mass is 409 g/mol. The fourth-order valence-electron chi connectivity index (χ4n) is 3.26. The summed E-state index contributed by atoms with van der Waals surface area (Å²) in [6.45, 7) is 5.22. The molecule has 0 aliphatic carbocycles. The van der Waals surface area contributed by atoms with Crippen LogP contribution in [0.2, 0.25) is 0 Å². The molecular weight excluding hydrogens is 386 g/mol. The highest BCUT2D eigenvalue weighted by Crippen LogP contribution is 2.29. The van der Waals surface area contributed by atoms with Crippen molar-refractivity contribution in [3.63, 3.8) is 0 Å². The van der Waals surface area contributed by atoms with E-state index in [1.54, 1.807) is 49.4 Å². The first-order chi connectivity index (χ1) is 14.3. The maximum Gasteiger partial charge on any atom is 0.336 e. The number of carboxylic acids is 1. The van der Waals surface area contributed by atoms with Crippen molar-refractivity contribution in [2.45, 2.75) is 39.3 Å². The molecule has 0 radical (unpaired) electrons. The molecule has 30 heavy (non-hydrogen) atoms. The van der Waals surface area contributed by atoms with Crippen LogP contribution >= 0.6 is 0 Å². The van der Waals surface area contributed by atoms with E-state index in [9.17, 15) is 19.5 Å². The number of hydrogen-bond acceptors (Lipinski definition) is 5. The van der Waals surface area contributed by atoms with Crippen LogP contribution in [0.25, 0.3) is 11.0 Å². The number of aryl methyl sites for hydroxylation is 2. The van der Waals surface area contributed by atoms with Crippen molar-refractivity contribution in [3.8, 4) is 5.75 Å². The molecule has 0 fully saturated rings. The molecule has 7 heteroatoms. The second-order valence-electron chi connectivity index (χ2n) is 6.96. The third-order valence-electron chi connectivity index (χ3n) is 4.92. The largest absolute Gasteiger partial charge is 0.480 e. The van der Waals surface area contributed by atoms with Gasteiger partial charge in [-0.1, -0.05) is 37.3 Å². The lowest BCUT2D eigenvalue weighted by Gasteiger charge is -2.20. The van der Waals surface area contributed by atoms with E-state index in [1.165, 1.54) is 13.0 Å². The van der Waals surface area contributed by atoms with Crippen LogP contribution in [0.3, 0.4) is 0 Å². The van der Waals surface area contributed by atoms with Gasteiger partial charge in [0.2, 0.25) is 0 Å². The van der Waals surface area contributed by atoms with Gasteiger partial charge in [-0.3, -0.25) is 4.79 Å². The van der Waals surface area contributed by atoms with Gasteiger partial charge >= 0.3 is 11.6 Å². The van der Waals surface area contributed by atoms with Crippen molar-refractivity contribution in [2.24, 2.45) is 0 Å². The van der Waals surface area contributed by atoms with E-state index in [0.717, 1.165) is 10.9 Å². The molecule has 3 rings (SSSR count). The fourth-order valence-corrected chi connectivity index (χ4v) is 3.26. The van der Waals surface area contributed by atoms with E-state index >= 15 is 0 Å². The number of carbonyl (C=O) groups excluding carboxylic acids is 1. The molecule has 7 nitrogen and oxygen atoms in total. The van der Waals surface area contributed by atoms with Gasteiger partial charge in [0.25, 0.3) is 5.91 Å². The Bertz CT molecular complexity index is 1140. The van der Waals surface area contributed by atoms with Crippen LogP contribution in [-0.2, 0) is 16.0 Å². The average molecular weight is 409 g/mol. The summed E-state index contributed by atoms with van der Waals surface area (Å²) in [5, 5.41) is 12.8. The first-order valence-corrected chi connectivity index (χ1v) is 9.63. The van der Waals surface area contributed by atoms with Crippen molar-refractivity contribution in [2.75, 3.05) is 0 Å². The Hall–Kier alpha value is -3.61. The van der Waals surface area contributed by atoms with Crippen LogP contribution in [0.1, 0.15) is 36.6 Å². The van der Waals surface area contributed by atoms with E-state index < -0.39 is 29.6 Å². The van der Waals surface area contributed by atoms with Crippen molar-refractivity contribution in [3.05, 3.63) is 75.6 Å². The minimum absolute atomic E-state index is 0.383. The Balaban J connectivity index is 1.83. The van der Waals surface area contributed by atoms with Gasteiger partial charge in [-0.2, -0.15) is 0 Å². The van der Waals surface area contributed by atoms with Crippen LogP contribution in [0, 0.1) is 6.92 Å². The zero-order valence-corrected chi connectivity index (χ0v) is 17.0. The maximum atomic E-state index is 12.6. The van der Waals surface area contributed by atoms with Gasteiger partial charge < -0.3 is 19.6 Å². The molecule has 0 saturated carbocycles. The van der Waals surface area contributed by atoms with Gasteiger partial charge in [-0.25, -0.2) is 9.59 Å². The summed E-state index contributed by atoms with van der Waals surface area (Å²) in [5.41, 5.74) is 1.89. The minimum Gasteiger partial charge on any atom is -0.480 e. The third kappa shape index (κ3) is 4.35. The molecule has 1 amide bonds. The Labute approximate surface area is 173 Å². The standard InChI is InChI=1S/C23H23NO6/c1-4-15-12-19(25)30-21-13(2)18(11-10-17(15)21)29-14(3)22(26)24-20(23(27)28)16-8-6-5-7-9-16/h5-12,14,20H,4H2,1-3H3,(H,24,26)(H,27,28)/t14-,20+/m0/s1. The normalized spacial score (nSPS) is 12.9. The molecule has 1 aromatic heterocycles. The molecule has 0 saturated heterocycles. The highest BCUT2D eigenvalue weighted by molar-refractivity contribution is 5.88. The third-order valence-corrected chi connectivity index (χ3v) is 4.92. The molecule has 2 N–H and O–H groups in total. The van der Waals surface area contributed by atoms with Gasteiger partial charge in [-0.15, -0.1) is 0 Å². The summed E-state index contributed by atoms with van der Waals surface area (Å²) in [4.78, 5) is 36.1. The predicted molar refractivity (Wildman–Crippen MR) is 112 cm³/mol. The van der Waals surface area contributed by atoms with Crippen LogP contribution < -0.4 is 15.7 Å². The van der Waals surface area contributed by atoms with Crippen molar-refractivity contribution < 1.29 is 23.8 Å². The summed E-state index contributed by atoms with van der Waals surface area (Å²) < 4.78 is 11.1. The second-order valence-corrected chi connectivity index (χ2v) is 6.96. The Kier molecular flexibility index (Phi) is 6.20. The lowest BCUT2D eigenvalue weighted by atomic mass is 10.0. The van der Waals surface area contributed by atoms with Gasteiger partial charge in [0, 0.05) is 17.0 Å². The summed E-state index contributed by atoms with van der Waals surface area (Å²) in [6.07, 6.45) is -0.288. The number of amides is 1. The highest BCUT2D eigenvalue weighted by atomic mass is 16.5. The molecule has 0 aliphatic heterocycles. The molecule has 2 atom stereocenters. The molecule has 3 aromatic rings. The summed E-state index contributed by atoms with van der Waals surface area (Å²) in [5.74, 6) is -1.36. The quantitative estimate of drug-likeness (QED) is 0.580. The average Bonchev–Trinajstić information content (AvgIpc) is 2.73. The molecular formula is C23H23NO6. The number of benzene rings is 2. The minimum atomic E-state index is -1.19. The van der Waals surface area contributed by atoms with Crippen molar-refractivity contribution >= 4 is 22.8 Å². The van der Waals surface area contributed by atoms with E-state index in [2.05, 4.69) is 5.32 Å². The number of rotatable bonds is 7. The van der Waals surface area contributed by atoms with E-state index in [4.69, 9.17) is 9.15 Å². The van der Waals surface area contributed by atoms with Gasteiger partial charge in [-0.05, 0) is 43.5 Å². The summed E-state index contributed by atoms with van der Waals surface area (Å²) in [6, 6.07) is 12.2. The van der Waals surface area contributed by atoms with Crippen molar-refractivity contribution in [1.82, 2.24) is 5.32 Å². The topological polar surface area (TPSA) is 106 Å². The van der Waals surface area contributed by atoms with E-state index in [1.807, 2.05) is 6.92 Å². The number of fused-ring (bicyclic) bond motifs is 1. The highest BCUT2D eigenvalue weighted by Gasteiger charge is 2.26. The van der Waals surface area contributed by atoms with Crippen LogP contribution in [0.5, 0.6) is 5.75 Å². The number of carboxylic acid groups (broad SMARTS) is 1. The van der Waals surface area contributed by atoms with Gasteiger partial charge in [0.15, 0.2) is 12.1 Å². The number of nitrogens with one attached hydrogen (secondary N) is 1. The Morgan fingerprint density at radius 1 is 1.17 bits per heavy atom. The predicted octanol–water partition coefficient (Wildman–Crippen LogP) is 3.37. The summed E-state index contributed by atoms with van der Waals surface area (Å²) in [7, 11) is 0. The van der Waals surface area contributed by atoms with Crippen molar-refractivity contribution in [1.29, 1.82) is 0 Å². The van der Waals surface area contributed by atoms with Crippen LogP contribution in [0.4, 0.5) is 0 Å². The molecule has 2 aromatic carbocycles. The van der Waals surface area contributed by atoms with Gasteiger partial charge in [0.05, 0.1) is 0 Å². The molecule has 0 unspecified atom stereocenters. The lowest BCUT2D eigenvalue weighted by molar-refractivity contribution is -0.143. The first-order valence-electron chi connectivity index (χ1n) is 9.63. The molecule has 0 aliphatic rings. The van der Waals surface area contributed by atoms with Gasteiger partial charge in [0.1, 0.15) is 11.3 Å². The molecule has 1 heterocycles. The number of ether oxygens (including phenoxy) is 1. The number of hydrogen-bond donors (Lipinski definition) is 2. The van der Waals surface area contributed by atoms with E-state index in [-0.39, 0.29) is 0 Å². The Morgan fingerprint density at radius 2 is 1.87 bits per heavy atom. The smallest absolute Gasteiger partial charge is 0.336 e. The van der Waals surface area contributed by atoms with Crippen LogP contribution in [-0.4, -0.2) is 23.1 Å². The van der Waals surface area contributed by atoms with E-state index in [0.29, 0.717) is 28.9 Å². The lowest BCUT2D eigenvalue weighted by Crippen LogP contribution is -2.41. The maximum absolute atomic E-state index is 12.6. The second kappa shape index (κ2) is 8.82. The molecule has 156 valence electrons. The Morgan fingerprint density at radius 3 is 2.50 bits per heavy atom. The number of carbonyl (C=O) groups is 2. The van der Waals surface area contributed by atoms with Crippen LogP contribution in [0.15, 0.2) is 57.7 Å². The first kappa shape index (κ1) is 21.1. The molecule has 0 bridgehead atoms. The zero-order valence-electron chi connectivity index (χ0n) is 17.0. The molecule has 0 spiro atoms. The number of aliphatic carboxylic acids is 1. The SMILES string of the molecule is CCc1cc(=O)oc2c(C)c(O[C@@H](C)C(=O)N[C@@H](C(=O)O)c3ccccc3)ccc12. The summed E-state index contributed by atoms with van der Waals surface area (Å²) >= 11 is 0. The zero-order chi connectivity index (χ0) is 21.8. The fraction of sp³-hybridized carbons (Fsp3) is 0.261.